The highest BCUT2D eigenvalue weighted by Crippen LogP contribution is 2.25. The van der Waals surface area contributed by atoms with Crippen LogP contribution in [0.1, 0.15) is 29.2 Å². The number of hydrogen-bond acceptors (Lipinski definition) is 2. The van der Waals surface area contributed by atoms with Crippen LogP contribution in [0.2, 0.25) is 0 Å². The minimum Gasteiger partial charge on any atom is -0.369 e. The lowest BCUT2D eigenvalue weighted by Crippen LogP contribution is -2.03. The lowest BCUT2D eigenvalue weighted by atomic mass is 10.0. The Labute approximate surface area is 83.9 Å². The molecule has 0 saturated heterocycles. The first-order valence-electron chi connectivity index (χ1n) is 4.95. The van der Waals surface area contributed by atoms with E-state index in [0.29, 0.717) is 0 Å². The number of carbonyl (C=O) groups excluding carboxylic acids is 1. The van der Waals surface area contributed by atoms with Gasteiger partial charge < -0.3 is 9.53 Å². The molecule has 2 rings (SSSR count). The molecule has 0 radical (unpaired) electrons. The summed E-state index contributed by atoms with van der Waals surface area (Å²) >= 11 is 0. The minimum absolute atomic E-state index is 0.402. The van der Waals surface area contributed by atoms with E-state index in [1.807, 2.05) is 6.07 Å². The number of fused-ring (bicyclic) bond motifs is 1. The number of methoxy groups -OCH3 is 1. The highest BCUT2D eigenvalue weighted by atomic mass is 16.5. The maximum absolute atomic E-state index is 10.7. The van der Waals surface area contributed by atoms with Crippen molar-refractivity contribution in [3.8, 4) is 0 Å². The highest BCUT2D eigenvalue weighted by Gasteiger charge is 2.14. The van der Waals surface area contributed by atoms with Crippen molar-refractivity contribution in [2.75, 3.05) is 7.11 Å². The van der Waals surface area contributed by atoms with Gasteiger partial charge in [-0.1, -0.05) is 18.2 Å². The van der Waals surface area contributed by atoms with E-state index >= 15 is 0 Å². The normalized spacial score (nSPS) is 16.4. The van der Waals surface area contributed by atoms with E-state index in [4.69, 9.17) is 4.74 Å². The number of hydrogen-bond donors (Lipinski definition) is 0. The number of rotatable bonds is 3. The van der Waals surface area contributed by atoms with Crippen LogP contribution >= 0.6 is 0 Å². The Kier molecular flexibility index (Phi) is 2.64. The van der Waals surface area contributed by atoms with Crippen LogP contribution in [0.3, 0.4) is 0 Å². The molecular weight excluding hydrogens is 176 g/mol. The first-order valence-corrected chi connectivity index (χ1v) is 4.95. The molecule has 2 nitrogen and oxygen atoms in total. The Morgan fingerprint density at radius 3 is 2.86 bits per heavy atom. The van der Waals surface area contributed by atoms with Crippen molar-refractivity contribution >= 4 is 6.29 Å². The number of ether oxygens (including phenoxy) is 1. The third kappa shape index (κ3) is 1.58. The van der Waals surface area contributed by atoms with Crippen molar-refractivity contribution < 1.29 is 9.53 Å². The van der Waals surface area contributed by atoms with Gasteiger partial charge in [0.25, 0.3) is 0 Å². The second-order valence-electron chi connectivity index (χ2n) is 3.67. The average molecular weight is 190 g/mol. The van der Waals surface area contributed by atoms with E-state index in [1.54, 1.807) is 7.11 Å². The van der Waals surface area contributed by atoms with Crippen molar-refractivity contribution in [2.45, 2.75) is 25.4 Å². The molecule has 0 amide bonds. The summed E-state index contributed by atoms with van der Waals surface area (Å²) in [5.74, 6) is 0. The topological polar surface area (TPSA) is 26.3 Å². The molecular formula is C12H14O2. The molecule has 1 aromatic carbocycles. The van der Waals surface area contributed by atoms with Crippen molar-refractivity contribution in [3.63, 3.8) is 0 Å². The quantitative estimate of drug-likeness (QED) is 0.682. The van der Waals surface area contributed by atoms with Gasteiger partial charge in [-0.05, 0) is 36.0 Å². The van der Waals surface area contributed by atoms with Crippen LogP contribution in [-0.4, -0.2) is 13.4 Å². The molecule has 0 spiro atoms. The van der Waals surface area contributed by atoms with Crippen molar-refractivity contribution in [1.82, 2.24) is 0 Å². The monoisotopic (exact) mass is 190 g/mol. The summed E-state index contributed by atoms with van der Waals surface area (Å²) < 4.78 is 5.08. The van der Waals surface area contributed by atoms with E-state index in [0.717, 1.165) is 18.3 Å². The van der Waals surface area contributed by atoms with Gasteiger partial charge in [-0.3, -0.25) is 0 Å². The lowest BCUT2D eigenvalue weighted by molar-refractivity contribution is -0.116. The Morgan fingerprint density at radius 2 is 2.14 bits per heavy atom. The summed E-state index contributed by atoms with van der Waals surface area (Å²) in [5, 5.41) is 0. The van der Waals surface area contributed by atoms with Crippen LogP contribution in [0.25, 0.3) is 0 Å². The van der Waals surface area contributed by atoms with Gasteiger partial charge in [-0.25, -0.2) is 0 Å². The Morgan fingerprint density at radius 1 is 1.36 bits per heavy atom. The van der Waals surface area contributed by atoms with Crippen molar-refractivity contribution in [3.05, 3.63) is 34.9 Å². The number of aryl methyl sites for hydroxylation is 2. The summed E-state index contributed by atoms with van der Waals surface area (Å²) in [7, 11) is 1.56. The van der Waals surface area contributed by atoms with Crippen LogP contribution < -0.4 is 0 Å². The fraction of sp³-hybridized carbons (Fsp3) is 0.417. The molecule has 0 fully saturated rings. The molecule has 1 aromatic rings. The molecule has 14 heavy (non-hydrogen) atoms. The van der Waals surface area contributed by atoms with Gasteiger partial charge in [0.1, 0.15) is 6.10 Å². The third-order valence-corrected chi connectivity index (χ3v) is 2.83. The molecule has 0 N–H and O–H groups in total. The van der Waals surface area contributed by atoms with E-state index in [1.165, 1.54) is 24.0 Å². The van der Waals surface area contributed by atoms with Gasteiger partial charge in [-0.15, -0.1) is 0 Å². The highest BCUT2D eigenvalue weighted by molar-refractivity contribution is 5.60. The smallest absolute Gasteiger partial charge is 0.153 e. The SMILES string of the molecule is COC(C=O)c1ccc2c(c1)CCC2. The molecule has 1 atom stereocenters. The molecule has 0 saturated carbocycles. The van der Waals surface area contributed by atoms with Crippen LogP contribution in [0.15, 0.2) is 18.2 Å². The van der Waals surface area contributed by atoms with Crippen LogP contribution in [0, 0.1) is 0 Å². The summed E-state index contributed by atoms with van der Waals surface area (Å²) in [4.78, 5) is 10.7. The predicted molar refractivity (Wildman–Crippen MR) is 54.3 cm³/mol. The molecule has 1 unspecified atom stereocenters. The largest absolute Gasteiger partial charge is 0.369 e. The fourth-order valence-corrected chi connectivity index (χ4v) is 2.04. The molecule has 0 aromatic heterocycles. The molecule has 0 bridgehead atoms. The summed E-state index contributed by atoms with van der Waals surface area (Å²) in [6, 6.07) is 6.21. The Bertz CT molecular complexity index is 344. The Hall–Kier alpha value is -1.15. The Balaban J connectivity index is 2.32. The molecule has 74 valence electrons. The van der Waals surface area contributed by atoms with Gasteiger partial charge in [0.05, 0.1) is 0 Å². The summed E-state index contributed by atoms with van der Waals surface area (Å²) in [6.45, 7) is 0. The zero-order chi connectivity index (χ0) is 9.97. The first kappa shape index (κ1) is 9.41. The molecule has 0 aliphatic heterocycles. The van der Waals surface area contributed by atoms with Crippen LogP contribution in [0.4, 0.5) is 0 Å². The summed E-state index contributed by atoms with van der Waals surface area (Å²) in [6.07, 6.45) is 3.99. The van der Waals surface area contributed by atoms with Gasteiger partial charge in [-0.2, -0.15) is 0 Å². The molecule has 0 heterocycles. The van der Waals surface area contributed by atoms with Gasteiger partial charge in [0, 0.05) is 7.11 Å². The molecule has 1 aliphatic rings. The van der Waals surface area contributed by atoms with E-state index in [2.05, 4.69) is 12.1 Å². The zero-order valence-electron chi connectivity index (χ0n) is 8.32. The minimum atomic E-state index is -0.402. The third-order valence-electron chi connectivity index (χ3n) is 2.83. The standard InChI is InChI=1S/C12H14O2/c1-14-12(8-13)11-6-5-9-3-2-4-10(9)7-11/h5-8,12H,2-4H2,1H3. The number of carbonyl (C=O) groups is 1. The second kappa shape index (κ2) is 3.93. The number of benzene rings is 1. The maximum atomic E-state index is 10.7. The number of aldehydes is 1. The van der Waals surface area contributed by atoms with Gasteiger partial charge >= 0.3 is 0 Å². The van der Waals surface area contributed by atoms with Gasteiger partial charge in [0.2, 0.25) is 0 Å². The van der Waals surface area contributed by atoms with Crippen molar-refractivity contribution in [1.29, 1.82) is 0 Å². The maximum Gasteiger partial charge on any atom is 0.153 e. The fourth-order valence-electron chi connectivity index (χ4n) is 2.04. The molecule has 2 heteroatoms. The zero-order valence-corrected chi connectivity index (χ0v) is 8.32. The molecule has 1 aliphatic carbocycles. The summed E-state index contributed by atoms with van der Waals surface area (Å²) in [5.41, 5.74) is 3.78. The van der Waals surface area contributed by atoms with Crippen molar-refractivity contribution in [2.24, 2.45) is 0 Å². The van der Waals surface area contributed by atoms with Crippen LogP contribution in [-0.2, 0) is 22.4 Å². The van der Waals surface area contributed by atoms with E-state index in [9.17, 15) is 4.79 Å². The predicted octanol–water partition coefficient (Wildman–Crippen LogP) is 2.06. The first-order chi connectivity index (χ1) is 6.85. The van der Waals surface area contributed by atoms with E-state index in [-0.39, 0.29) is 0 Å². The second-order valence-corrected chi connectivity index (χ2v) is 3.67. The van der Waals surface area contributed by atoms with Crippen LogP contribution in [0.5, 0.6) is 0 Å². The average Bonchev–Trinajstić information content (AvgIpc) is 2.66. The lowest BCUT2D eigenvalue weighted by Gasteiger charge is -2.10. The van der Waals surface area contributed by atoms with Gasteiger partial charge in [0.15, 0.2) is 6.29 Å². The van der Waals surface area contributed by atoms with E-state index < -0.39 is 6.10 Å².